The number of likely N-dealkylation sites (tertiary alicyclic amines) is 1. The highest BCUT2D eigenvalue weighted by atomic mass is 127. The summed E-state index contributed by atoms with van der Waals surface area (Å²) in [6, 6.07) is 0.599. The molecule has 0 radical (unpaired) electrons. The SMILES string of the molecule is CCOC(=O)C1CCN(C(=NC)NC2CCC2)CC1.I. The molecule has 1 saturated carbocycles. The number of ether oxygens (including phenoxy) is 1. The van der Waals surface area contributed by atoms with E-state index in [0.717, 1.165) is 31.9 Å². The Balaban J connectivity index is 0.00000200. The molecule has 2 fully saturated rings. The molecule has 1 heterocycles. The molecule has 1 aliphatic heterocycles. The zero-order valence-electron chi connectivity index (χ0n) is 12.4. The summed E-state index contributed by atoms with van der Waals surface area (Å²) < 4.78 is 5.09. The Morgan fingerprint density at radius 2 is 1.95 bits per heavy atom. The average Bonchev–Trinajstić information content (AvgIpc) is 2.38. The molecule has 0 spiro atoms. The van der Waals surface area contributed by atoms with Gasteiger partial charge in [-0.3, -0.25) is 9.79 Å². The predicted molar refractivity (Wildman–Crippen MR) is 90.5 cm³/mol. The molecule has 0 amide bonds. The van der Waals surface area contributed by atoms with Crippen LogP contribution in [0, 0.1) is 5.92 Å². The summed E-state index contributed by atoms with van der Waals surface area (Å²) in [6.07, 6.45) is 5.55. The van der Waals surface area contributed by atoms with Crippen molar-refractivity contribution in [1.82, 2.24) is 10.2 Å². The second-order valence-corrected chi connectivity index (χ2v) is 5.33. The molecule has 5 nitrogen and oxygen atoms in total. The van der Waals surface area contributed by atoms with Gasteiger partial charge in [0, 0.05) is 26.2 Å². The Morgan fingerprint density at radius 3 is 2.40 bits per heavy atom. The minimum absolute atomic E-state index is 0. The van der Waals surface area contributed by atoms with Gasteiger partial charge in [0.1, 0.15) is 0 Å². The van der Waals surface area contributed by atoms with Crippen LogP contribution in [0.25, 0.3) is 0 Å². The fourth-order valence-corrected chi connectivity index (χ4v) is 2.62. The first-order chi connectivity index (χ1) is 9.24. The second-order valence-electron chi connectivity index (χ2n) is 5.33. The van der Waals surface area contributed by atoms with Gasteiger partial charge in [0.25, 0.3) is 0 Å². The van der Waals surface area contributed by atoms with Gasteiger partial charge in [0.2, 0.25) is 0 Å². The van der Waals surface area contributed by atoms with Gasteiger partial charge >= 0.3 is 5.97 Å². The Bertz CT molecular complexity index is 337. The van der Waals surface area contributed by atoms with E-state index in [4.69, 9.17) is 4.74 Å². The van der Waals surface area contributed by atoms with E-state index in [2.05, 4.69) is 15.2 Å². The normalized spacial score (nSPS) is 20.9. The van der Waals surface area contributed by atoms with Crippen LogP contribution in [0.15, 0.2) is 4.99 Å². The van der Waals surface area contributed by atoms with Crippen molar-refractivity contribution in [3.05, 3.63) is 0 Å². The molecule has 1 aliphatic carbocycles. The Labute approximate surface area is 138 Å². The highest BCUT2D eigenvalue weighted by Crippen LogP contribution is 2.21. The van der Waals surface area contributed by atoms with Crippen molar-refractivity contribution in [3.8, 4) is 0 Å². The molecule has 20 heavy (non-hydrogen) atoms. The van der Waals surface area contributed by atoms with E-state index in [1.54, 1.807) is 0 Å². The maximum Gasteiger partial charge on any atom is 0.309 e. The van der Waals surface area contributed by atoms with Gasteiger partial charge < -0.3 is 15.0 Å². The quantitative estimate of drug-likeness (QED) is 0.344. The topological polar surface area (TPSA) is 53.9 Å². The van der Waals surface area contributed by atoms with E-state index in [1.165, 1.54) is 19.3 Å². The molecule has 0 aromatic heterocycles. The first kappa shape index (κ1) is 17.5. The van der Waals surface area contributed by atoms with Crippen LogP contribution in [-0.4, -0.2) is 49.6 Å². The summed E-state index contributed by atoms with van der Waals surface area (Å²) >= 11 is 0. The maximum atomic E-state index is 11.7. The lowest BCUT2D eigenvalue weighted by Crippen LogP contribution is -2.51. The largest absolute Gasteiger partial charge is 0.466 e. The number of nitrogens with zero attached hydrogens (tertiary/aromatic N) is 2. The standard InChI is InChI=1S/C14H25N3O2.HI/c1-3-19-13(18)11-7-9-17(10-8-11)14(15-2)16-12-5-4-6-12;/h11-12H,3-10H2,1-2H3,(H,15,16);1H. The van der Waals surface area contributed by atoms with Gasteiger partial charge in [-0.25, -0.2) is 0 Å². The van der Waals surface area contributed by atoms with Gasteiger partial charge in [-0.2, -0.15) is 0 Å². The molecule has 0 aromatic carbocycles. The van der Waals surface area contributed by atoms with Crippen LogP contribution >= 0.6 is 24.0 Å². The fourth-order valence-electron chi connectivity index (χ4n) is 2.62. The minimum atomic E-state index is -0.0379. The molecule has 6 heteroatoms. The van der Waals surface area contributed by atoms with Crippen LogP contribution in [-0.2, 0) is 9.53 Å². The van der Waals surface area contributed by atoms with Gasteiger partial charge in [-0.05, 0) is 39.0 Å². The Morgan fingerprint density at radius 1 is 1.30 bits per heavy atom. The highest BCUT2D eigenvalue weighted by Gasteiger charge is 2.28. The number of esters is 1. The van der Waals surface area contributed by atoms with Gasteiger partial charge in [-0.1, -0.05) is 0 Å². The van der Waals surface area contributed by atoms with Crippen molar-refractivity contribution in [2.75, 3.05) is 26.7 Å². The van der Waals surface area contributed by atoms with Crippen LogP contribution in [0.5, 0.6) is 0 Å². The van der Waals surface area contributed by atoms with Crippen LogP contribution in [0.3, 0.4) is 0 Å². The molecule has 0 unspecified atom stereocenters. The number of guanidine groups is 1. The number of rotatable bonds is 3. The van der Waals surface area contributed by atoms with E-state index >= 15 is 0 Å². The van der Waals surface area contributed by atoms with E-state index in [9.17, 15) is 4.79 Å². The Hall–Kier alpha value is -0.530. The third-order valence-corrected chi connectivity index (χ3v) is 4.06. The molecule has 0 atom stereocenters. The third-order valence-electron chi connectivity index (χ3n) is 4.06. The van der Waals surface area contributed by atoms with Crippen LogP contribution in [0.4, 0.5) is 0 Å². The lowest BCUT2D eigenvalue weighted by Gasteiger charge is -2.36. The summed E-state index contributed by atoms with van der Waals surface area (Å²) in [5, 5.41) is 3.50. The lowest BCUT2D eigenvalue weighted by atomic mass is 9.93. The molecule has 1 N–H and O–H groups in total. The van der Waals surface area contributed by atoms with Gasteiger partial charge in [0.05, 0.1) is 12.5 Å². The molecular formula is C14H26IN3O2. The molecule has 0 bridgehead atoms. The van der Waals surface area contributed by atoms with Crippen LogP contribution in [0.1, 0.15) is 39.0 Å². The van der Waals surface area contributed by atoms with E-state index in [1.807, 2.05) is 14.0 Å². The monoisotopic (exact) mass is 395 g/mol. The number of piperidine rings is 1. The summed E-state index contributed by atoms with van der Waals surface area (Å²) in [6.45, 7) is 4.10. The van der Waals surface area contributed by atoms with Crippen molar-refractivity contribution >= 4 is 35.9 Å². The number of carbonyl (C=O) groups is 1. The van der Waals surface area contributed by atoms with Crippen molar-refractivity contribution in [2.24, 2.45) is 10.9 Å². The molecule has 2 aliphatic rings. The Kier molecular flexibility index (Phi) is 7.61. The average molecular weight is 395 g/mol. The maximum absolute atomic E-state index is 11.7. The molecule has 0 aromatic rings. The van der Waals surface area contributed by atoms with Crippen LogP contribution in [0.2, 0.25) is 0 Å². The first-order valence-electron chi connectivity index (χ1n) is 7.39. The van der Waals surface area contributed by atoms with Gasteiger partial charge in [-0.15, -0.1) is 24.0 Å². The van der Waals surface area contributed by atoms with Crippen molar-refractivity contribution in [3.63, 3.8) is 0 Å². The van der Waals surface area contributed by atoms with E-state index < -0.39 is 0 Å². The summed E-state index contributed by atoms with van der Waals surface area (Å²) in [5.41, 5.74) is 0. The summed E-state index contributed by atoms with van der Waals surface area (Å²) in [5.74, 6) is 1.02. The zero-order chi connectivity index (χ0) is 13.7. The zero-order valence-corrected chi connectivity index (χ0v) is 14.8. The summed E-state index contributed by atoms with van der Waals surface area (Å²) in [7, 11) is 1.83. The third kappa shape index (κ3) is 4.49. The lowest BCUT2D eigenvalue weighted by molar-refractivity contribution is -0.149. The highest BCUT2D eigenvalue weighted by molar-refractivity contribution is 14.0. The molecule has 116 valence electrons. The van der Waals surface area contributed by atoms with E-state index in [0.29, 0.717) is 12.6 Å². The summed E-state index contributed by atoms with van der Waals surface area (Å²) in [4.78, 5) is 18.3. The number of carbonyl (C=O) groups excluding carboxylic acids is 1. The van der Waals surface area contributed by atoms with Crippen molar-refractivity contribution in [2.45, 2.75) is 45.1 Å². The molecular weight excluding hydrogens is 369 g/mol. The number of aliphatic imine (C=N–C) groups is 1. The minimum Gasteiger partial charge on any atom is -0.466 e. The fraction of sp³-hybridized carbons (Fsp3) is 0.857. The number of halogens is 1. The first-order valence-corrected chi connectivity index (χ1v) is 7.39. The number of nitrogens with one attached hydrogen (secondary N) is 1. The van der Waals surface area contributed by atoms with Gasteiger partial charge in [0.15, 0.2) is 5.96 Å². The van der Waals surface area contributed by atoms with Crippen molar-refractivity contribution < 1.29 is 9.53 Å². The number of hydrogen-bond donors (Lipinski definition) is 1. The smallest absolute Gasteiger partial charge is 0.309 e. The molecule has 2 rings (SSSR count). The van der Waals surface area contributed by atoms with E-state index in [-0.39, 0.29) is 35.9 Å². The molecule has 1 saturated heterocycles. The van der Waals surface area contributed by atoms with Crippen LogP contribution < -0.4 is 5.32 Å². The number of hydrogen-bond acceptors (Lipinski definition) is 3. The van der Waals surface area contributed by atoms with Crippen molar-refractivity contribution in [1.29, 1.82) is 0 Å². The predicted octanol–water partition coefficient (Wildman–Crippen LogP) is 2.01. The second kappa shape index (κ2) is 8.69.